The summed E-state index contributed by atoms with van der Waals surface area (Å²) in [7, 11) is 0. The van der Waals surface area contributed by atoms with Gasteiger partial charge in [-0.15, -0.1) is 0 Å². The van der Waals surface area contributed by atoms with Crippen molar-refractivity contribution in [1.29, 1.82) is 0 Å². The van der Waals surface area contributed by atoms with Crippen molar-refractivity contribution in [1.82, 2.24) is 5.32 Å². The summed E-state index contributed by atoms with van der Waals surface area (Å²) in [6.07, 6.45) is 5.59. The summed E-state index contributed by atoms with van der Waals surface area (Å²) in [6, 6.07) is 10.3. The van der Waals surface area contributed by atoms with Crippen molar-refractivity contribution in [2.24, 2.45) is 0 Å². The van der Waals surface area contributed by atoms with E-state index in [0.717, 1.165) is 18.7 Å². The van der Waals surface area contributed by atoms with Crippen LogP contribution in [-0.2, 0) is 6.54 Å². The van der Waals surface area contributed by atoms with Crippen molar-refractivity contribution >= 4 is 0 Å². The van der Waals surface area contributed by atoms with Gasteiger partial charge in [0, 0.05) is 14.5 Å². The van der Waals surface area contributed by atoms with Crippen LogP contribution in [0.5, 0.6) is 0 Å². The fraction of sp³-hybridized carbons (Fsp3) is 0.143. The predicted molar refractivity (Wildman–Crippen MR) is 68.7 cm³/mol. The molecule has 0 bridgehead atoms. The lowest BCUT2D eigenvalue weighted by Gasteiger charge is -2.04. The van der Waals surface area contributed by atoms with Crippen LogP contribution in [0.3, 0.4) is 0 Å². The number of hydrogen-bond acceptors (Lipinski definition) is 1. The van der Waals surface area contributed by atoms with Gasteiger partial charge in [0.05, 0.1) is 0 Å². The molecule has 1 nitrogen and oxygen atoms in total. The van der Waals surface area contributed by atoms with Crippen molar-refractivity contribution in [2.45, 2.75) is 6.54 Å². The topological polar surface area (TPSA) is 12.0 Å². The minimum absolute atomic E-state index is 0. The van der Waals surface area contributed by atoms with Crippen molar-refractivity contribution in [2.75, 3.05) is 6.54 Å². The summed E-state index contributed by atoms with van der Waals surface area (Å²) in [5, 5.41) is 3.35. The van der Waals surface area contributed by atoms with Crippen molar-refractivity contribution in [3.63, 3.8) is 0 Å². The van der Waals surface area contributed by atoms with Crippen LogP contribution in [0.15, 0.2) is 67.3 Å². The minimum Gasteiger partial charge on any atom is -0.309 e. The SMILES string of the molecule is C=C/C=C(\C=C)CNCc1ccccc1.[HH]. The largest absolute Gasteiger partial charge is 0.309 e. The Balaban J connectivity index is 0.00000225. The van der Waals surface area contributed by atoms with E-state index in [2.05, 4.69) is 30.6 Å². The minimum atomic E-state index is 0. The molecule has 0 spiro atoms. The highest BCUT2D eigenvalue weighted by atomic mass is 14.8. The van der Waals surface area contributed by atoms with Gasteiger partial charge in [-0.3, -0.25) is 0 Å². The molecule has 0 amide bonds. The lowest BCUT2D eigenvalue weighted by molar-refractivity contribution is 0.747. The Hall–Kier alpha value is -1.60. The van der Waals surface area contributed by atoms with Crippen LogP contribution in [0.25, 0.3) is 0 Å². The first-order valence-corrected chi connectivity index (χ1v) is 5.05. The lowest BCUT2D eigenvalue weighted by atomic mass is 10.2. The van der Waals surface area contributed by atoms with E-state index in [9.17, 15) is 0 Å². The maximum Gasteiger partial charge on any atom is 0.0208 e. The molecular weight excluding hydrogens is 182 g/mol. The van der Waals surface area contributed by atoms with Gasteiger partial charge in [-0.25, -0.2) is 0 Å². The monoisotopic (exact) mass is 201 g/mol. The molecule has 1 rings (SSSR count). The number of nitrogens with one attached hydrogen (secondary N) is 1. The number of allylic oxidation sites excluding steroid dienone is 2. The molecule has 0 saturated carbocycles. The van der Waals surface area contributed by atoms with E-state index in [4.69, 9.17) is 0 Å². The first-order valence-electron chi connectivity index (χ1n) is 5.05. The van der Waals surface area contributed by atoms with Gasteiger partial charge in [0.25, 0.3) is 0 Å². The maximum absolute atomic E-state index is 3.75. The molecule has 1 heteroatoms. The average molecular weight is 201 g/mol. The fourth-order valence-corrected chi connectivity index (χ4v) is 1.30. The number of hydrogen-bond donors (Lipinski definition) is 1. The molecule has 15 heavy (non-hydrogen) atoms. The first kappa shape index (κ1) is 11.5. The molecular formula is C14H19N. The summed E-state index contributed by atoms with van der Waals surface area (Å²) in [5.41, 5.74) is 2.44. The van der Waals surface area contributed by atoms with Crippen LogP contribution >= 0.6 is 0 Å². The zero-order valence-corrected chi connectivity index (χ0v) is 8.95. The highest BCUT2D eigenvalue weighted by Gasteiger charge is 1.92. The normalized spacial score (nSPS) is 11.1. The van der Waals surface area contributed by atoms with Crippen LogP contribution in [0.1, 0.15) is 6.99 Å². The van der Waals surface area contributed by atoms with Crippen LogP contribution in [0.2, 0.25) is 0 Å². The Morgan fingerprint density at radius 1 is 1.27 bits per heavy atom. The van der Waals surface area contributed by atoms with Crippen LogP contribution in [0.4, 0.5) is 0 Å². The van der Waals surface area contributed by atoms with Crippen LogP contribution in [0, 0.1) is 0 Å². The maximum atomic E-state index is 3.75. The second-order valence-electron chi connectivity index (χ2n) is 3.27. The molecule has 0 fully saturated rings. The van der Waals surface area contributed by atoms with E-state index in [1.807, 2.05) is 30.4 Å². The van der Waals surface area contributed by atoms with E-state index in [0.29, 0.717) is 0 Å². The van der Waals surface area contributed by atoms with Crippen molar-refractivity contribution in [3.8, 4) is 0 Å². The Morgan fingerprint density at radius 2 is 2.00 bits per heavy atom. The van der Waals surface area contributed by atoms with E-state index in [1.165, 1.54) is 5.56 Å². The van der Waals surface area contributed by atoms with Crippen molar-refractivity contribution < 1.29 is 1.43 Å². The first-order chi connectivity index (χ1) is 7.36. The molecule has 0 radical (unpaired) electrons. The zero-order valence-electron chi connectivity index (χ0n) is 8.95. The van der Waals surface area contributed by atoms with E-state index in [1.54, 1.807) is 6.08 Å². The van der Waals surface area contributed by atoms with Gasteiger partial charge in [0.2, 0.25) is 0 Å². The Kier molecular flexibility index (Phi) is 5.20. The summed E-state index contributed by atoms with van der Waals surface area (Å²) >= 11 is 0. The van der Waals surface area contributed by atoms with Gasteiger partial charge in [0.1, 0.15) is 0 Å². The number of rotatable bonds is 6. The van der Waals surface area contributed by atoms with E-state index < -0.39 is 0 Å². The predicted octanol–water partition coefficient (Wildman–Crippen LogP) is 3.32. The summed E-state index contributed by atoms with van der Waals surface area (Å²) in [4.78, 5) is 0. The third-order valence-corrected chi connectivity index (χ3v) is 2.10. The second-order valence-corrected chi connectivity index (χ2v) is 3.27. The molecule has 80 valence electrons. The van der Waals surface area contributed by atoms with Gasteiger partial charge >= 0.3 is 0 Å². The molecule has 1 N–H and O–H groups in total. The fourth-order valence-electron chi connectivity index (χ4n) is 1.30. The van der Waals surface area contributed by atoms with Gasteiger partial charge in [-0.05, 0) is 11.1 Å². The zero-order chi connectivity index (χ0) is 10.9. The molecule has 0 unspecified atom stereocenters. The third-order valence-electron chi connectivity index (χ3n) is 2.10. The summed E-state index contributed by atoms with van der Waals surface area (Å²) in [6.45, 7) is 9.11. The number of benzene rings is 1. The summed E-state index contributed by atoms with van der Waals surface area (Å²) < 4.78 is 0. The van der Waals surface area contributed by atoms with Crippen LogP contribution < -0.4 is 5.32 Å². The Bertz CT molecular complexity index is 341. The Labute approximate surface area is 93.3 Å². The molecule has 0 aromatic heterocycles. The highest BCUT2D eigenvalue weighted by Crippen LogP contribution is 1.99. The van der Waals surface area contributed by atoms with Crippen LogP contribution in [-0.4, -0.2) is 6.54 Å². The van der Waals surface area contributed by atoms with Gasteiger partial charge in [-0.1, -0.05) is 61.7 Å². The quantitative estimate of drug-likeness (QED) is 0.696. The standard InChI is InChI=1S/C14H17N.H2/c1-3-8-13(4-2)11-15-12-14-9-6-5-7-10-14;/h3-10,15H,1-2,11-12H2;1H/b13-8+;. The molecule has 0 saturated heterocycles. The molecule has 0 aliphatic heterocycles. The smallest absolute Gasteiger partial charge is 0.0208 e. The molecule has 0 heterocycles. The molecule has 0 atom stereocenters. The van der Waals surface area contributed by atoms with Gasteiger partial charge in [0.15, 0.2) is 0 Å². The molecule has 1 aromatic carbocycles. The van der Waals surface area contributed by atoms with Gasteiger partial charge in [-0.2, -0.15) is 0 Å². The molecule has 0 aliphatic rings. The highest BCUT2D eigenvalue weighted by molar-refractivity contribution is 5.22. The third kappa shape index (κ3) is 4.43. The molecule has 1 aromatic rings. The van der Waals surface area contributed by atoms with Crippen molar-refractivity contribution in [3.05, 3.63) is 72.9 Å². The summed E-state index contributed by atoms with van der Waals surface area (Å²) in [5.74, 6) is 0. The molecule has 0 aliphatic carbocycles. The average Bonchev–Trinajstić information content (AvgIpc) is 2.29. The van der Waals surface area contributed by atoms with Gasteiger partial charge < -0.3 is 5.32 Å². The lowest BCUT2D eigenvalue weighted by Crippen LogP contribution is -2.15. The van der Waals surface area contributed by atoms with E-state index >= 15 is 0 Å². The second kappa shape index (κ2) is 6.80. The Morgan fingerprint density at radius 3 is 2.60 bits per heavy atom. The van der Waals surface area contributed by atoms with E-state index in [-0.39, 0.29) is 1.43 Å².